The van der Waals surface area contributed by atoms with Crippen LogP contribution >= 0.6 is 0 Å². The number of nitrogens with one attached hydrogen (secondary N) is 3. The van der Waals surface area contributed by atoms with E-state index in [4.69, 9.17) is 10.00 Å². The summed E-state index contributed by atoms with van der Waals surface area (Å²) >= 11 is 0. The maximum Gasteiger partial charge on any atom is 0.214 e. The highest BCUT2D eigenvalue weighted by Crippen LogP contribution is 2.41. The molecule has 0 saturated carbocycles. The fraction of sp³-hybridized carbons (Fsp3) is 0.316. The van der Waals surface area contributed by atoms with E-state index in [1.807, 2.05) is 30.5 Å². The van der Waals surface area contributed by atoms with Crippen LogP contribution in [0.3, 0.4) is 0 Å². The van der Waals surface area contributed by atoms with Crippen molar-refractivity contribution >= 4 is 21.1 Å². The van der Waals surface area contributed by atoms with Gasteiger partial charge in [0.2, 0.25) is 10.0 Å². The monoisotopic (exact) mass is 412 g/mol. The average molecular weight is 412 g/mol. The Morgan fingerprint density at radius 1 is 1.28 bits per heavy atom. The summed E-state index contributed by atoms with van der Waals surface area (Å²) in [6, 6.07) is 6.99. The van der Waals surface area contributed by atoms with Gasteiger partial charge in [-0.25, -0.2) is 23.1 Å². The van der Waals surface area contributed by atoms with Crippen molar-refractivity contribution in [2.75, 3.05) is 19.5 Å². The first-order valence-electron chi connectivity index (χ1n) is 9.08. The summed E-state index contributed by atoms with van der Waals surface area (Å²) in [5.74, 6) is -0.115. The highest BCUT2D eigenvalue weighted by atomic mass is 32.2. The van der Waals surface area contributed by atoms with E-state index < -0.39 is 16.1 Å². The molecule has 3 aromatic rings. The predicted octanol–water partition coefficient (Wildman–Crippen LogP) is 1.75. The first-order chi connectivity index (χ1) is 14.0. The molecule has 1 aliphatic rings. The van der Waals surface area contributed by atoms with Crippen LogP contribution in [-0.4, -0.2) is 42.8 Å². The van der Waals surface area contributed by atoms with Gasteiger partial charge in [0.25, 0.3) is 0 Å². The van der Waals surface area contributed by atoms with Crippen molar-refractivity contribution in [3.63, 3.8) is 0 Å². The van der Waals surface area contributed by atoms with E-state index in [0.29, 0.717) is 6.42 Å². The maximum absolute atomic E-state index is 12.3. The lowest BCUT2D eigenvalue weighted by atomic mass is 10.0. The molecule has 2 atom stereocenters. The molecular formula is C19H20N6O3S. The molecule has 10 heteroatoms. The van der Waals surface area contributed by atoms with Gasteiger partial charge in [-0.1, -0.05) is 12.1 Å². The molecule has 29 heavy (non-hydrogen) atoms. The zero-order chi connectivity index (χ0) is 20.4. The number of fused-ring (bicyclic) bond motifs is 2. The third-order valence-corrected chi connectivity index (χ3v) is 6.40. The fourth-order valence-electron chi connectivity index (χ4n) is 3.73. The molecule has 1 aliphatic carbocycles. The highest BCUT2D eigenvalue weighted by Gasteiger charge is 2.33. The lowest BCUT2D eigenvalue weighted by molar-refractivity contribution is 0.216. The largest absolute Gasteiger partial charge is 0.384 e. The highest BCUT2D eigenvalue weighted by molar-refractivity contribution is 7.89. The van der Waals surface area contributed by atoms with Gasteiger partial charge in [0, 0.05) is 30.3 Å². The smallest absolute Gasteiger partial charge is 0.214 e. The number of sulfonamides is 1. The van der Waals surface area contributed by atoms with E-state index >= 15 is 0 Å². The van der Waals surface area contributed by atoms with Crippen LogP contribution in [0.25, 0.3) is 22.3 Å². The van der Waals surface area contributed by atoms with E-state index in [9.17, 15) is 8.42 Å². The molecule has 0 fully saturated rings. The van der Waals surface area contributed by atoms with Crippen LogP contribution in [0.2, 0.25) is 0 Å². The minimum atomic E-state index is -3.50. The minimum absolute atomic E-state index is 0.115. The summed E-state index contributed by atoms with van der Waals surface area (Å²) < 4.78 is 32.3. The number of aromatic amines is 1. The normalized spacial score (nSPS) is 18.5. The standard InChI is InChI=1S/C19H20N6O3S/c1-28-6-7-29(26,27)25-17-9-16(22-10-20)15-8-12(2-3-13(15)17)18-14-4-5-21-19(14)24-11-23-18/h2-5,8,11,16-17,22,25H,6-7,9H2,1H3,(H,21,23,24)/t16-,17+/m0/s1. The zero-order valence-corrected chi connectivity index (χ0v) is 16.5. The lowest BCUT2D eigenvalue weighted by Gasteiger charge is -2.14. The minimum Gasteiger partial charge on any atom is -0.384 e. The van der Waals surface area contributed by atoms with Gasteiger partial charge in [-0.3, -0.25) is 0 Å². The van der Waals surface area contributed by atoms with Crippen LogP contribution in [0.4, 0.5) is 0 Å². The molecule has 0 spiro atoms. The molecule has 4 rings (SSSR count). The van der Waals surface area contributed by atoms with Crippen LogP contribution in [0, 0.1) is 11.5 Å². The van der Waals surface area contributed by atoms with Crippen LogP contribution in [0.5, 0.6) is 0 Å². The van der Waals surface area contributed by atoms with Gasteiger partial charge in [0.1, 0.15) is 12.0 Å². The third kappa shape index (κ3) is 3.80. The van der Waals surface area contributed by atoms with Gasteiger partial charge in [-0.15, -0.1) is 0 Å². The summed E-state index contributed by atoms with van der Waals surface area (Å²) in [6.07, 6.45) is 5.73. The Kier molecular flexibility index (Phi) is 5.19. The molecule has 2 aromatic heterocycles. The Labute approximate surface area is 168 Å². The number of ether oxygens (including phenoxy) is 1. The van der Waals surface area contributed by atoms with Crippen molar-refractivity contribution in [1.29, 1.82) is 5.26 Å². The molecule has 0 aliphatic heterocycles. The quantitative estimate of drug-likeness (QED) is 0.398. The van der Waals surface area contributed by atoms with E-state index in [-0.39, 0.29) is 18.4 Å². The molecule has 1 aromatic carbocycles. The first-order valence-corrected chi connectivity index (χ1v) is 10.7. The zero-order valence-electron chi connectivity index (χ0n) is 15.7. The van der Waals surface area contributed by atoms with Gasteiger partial charge >= 0.3 is 0 Å². The van der Waals surface area contributed by atoms with Gasteiger partial charge in [0.15, 0.2) is 6.19 Å². The number of nitrogens with zero attached hydrogens (tertiary/aromatic N) is 3. The molecular weight excluding hydrogens is 392 g/mol. The molecule has 0 unspecified atom stereocenters. The lowest BCUT2D eigenvalue weighted by Crippen LogP contribution is -2.31. The van der Waals surface area contributed by atoms with Gasteiger partial charge in [-0.2, -0.15) is 5.26 Å². The second-order valence-electron chi connectivity index (χ2n) is 6.83. The Hall–Kier alpha value is -3.00. The van der Waals surface area contributed by atoms with E-state index in [1.54, 1.807) is 6.20 Å². The summed E-state index contributed by atoms with van der Waals surface area (Å²) in [6.45, 7) is 0.119. The van der Waals surface area contributed by atoms with E-state index in [0.717, 1.165) is 33.4 Å². The van der Waals surface area contributed by atoms with Crippen LogP contribution in [0.1, 0.15) is 29.6 Å². The van der Waals surface area contributed by atoms with Crippen molar-refractivity contribution in [2.24, 2.45) is 0 Å². The molecule has 9 nitrogen and oxygen atoms in total. The molecule has 0 bridgehead atoms. The van der Waals surface area contributed by atoms with Crippen molar-refractivity contribution < 1.29 is 13.2 Å². The predicted molar refractivity (Wildman–Crippen MR) is 107 cm³/mol. The topological polar surface area (TPSA) is 133 Å². The Morgan fingerprint density at radius 3 is 2.93 bits per heavy atom. The third-order valence-electron chi connectivity index (χ3n) is 5.05. The van der Waals surface area contributed by atoms with Gasteiger partial charge in [0.05, 0.1) is 24.1 Å². The van der Waals surface area contributed by atoms with Crippen molar-refractivity contribution in [1.82, 2.24) is 25.0 Å². The van der Waals surface area contributed by atoms with Crippen molar-refractivity contribution in [3.8, 4) is 17.5 Å². The van der Waals surface area contributed by atoms with Crippen LogP contribution in [-0.2, 0) is 14.8 Å². The number of hydrogen-bond donors (Lipinski definition) is 3. The molecule has 0 amide bonds. The fourth-order valence-corrected chi connectivity index (χ4v) is 4.89. The summed E-state index contributed by atoms with van der Waals surface area (Å²) in [7, 11) is -2.04. The number of hydrogen-bond acceptors (Lipinski definition) is 7. The SMILES string of the molecule is COCCS(=O)(=O)N[C@@H]1C[C@H](NC#N)c2cc(-c3ncnc4[nH]ccc34)ccc21. The summed E-state index contributed by atoms with van der Waals surface area (Å²) in [5.41, 5.74) is 4.13. The maximum atomic E-state index is 12.3. The summed E-state index contributed by atoms with van der Waals surface area (Å²) in [5, 5.41) is 12.8. The molecule has 0 saturated heterocycles. The van der Waals surface area contributed by atoms with Crippen LogP contribution in [0.15, 0.2) is 36.8 Å². The number of H-pyrrole nitrogens is 1. The van der Waals surface area contributed by atoms with E-state index in [2.05, 4.69) is 25.0 Å². The average Bonchev–Trinajstić information content (AvgIpc) is 3.31. The second kappa shape index (κ2) is 7.79. The molecule has 150 valence electrons. The van der Waals surface area contributed by atoms with E-state index in [1.165, 1.54) is 13.4 Å². The molecule has 3 N–H and O–H groups in total. The number of aromatic nitrogens is 3. The Bertz CT molecular complexity index is 1180. The van der Waals surface area contributed by atoms with Crippen molar-refractivity contribution in [2.45, 2.75) is 18.5 Å². The Morgan fingerprint density at radius 2 is 2.14 bits per heavy atom. The van der Waals surface area contributed by atoms with Gasteiger partial charge < -0.3 is 15.0 Å². The summed E-state index contributed by atoms with van der Waals surface area (Å²) in [4.78, 5) is 11.7. The number of benzene rings is 1. The van der Waals surface area contributed by atoms with Gasteiger partial charge in [-0.05, 0) is 29.7 Å². The molecule has 0 radical (unpaired) electrons. The van der Waals surface area contributed by atoms with Crippen molar-refractivity contribution in [3.05, 3.63) is 47.9 Å². The second-order valence-corrected chi connectivity index (χ2v) is 8.71. The molecule has 2 heterocycles. The first kappa shape index (κ1) is 19.3. The number of nitriles is 1. The number of methoxy groups -OCH3 is 1. The van der Waals surface area contributed by atoms with Crippen LogP contribution < -0.4 is 10.0 Å². The Balaban J connectivity index is 1.71. The number of rotatable bonds is 7.